The topological polar surface area (TPSA) is 55.8 Å². The summed E-state index contributed by atoms with van der Waals surface area (Å²) in [7, 11) is 0. The molecule has 5 rings (SSSR count). The van der Waals surface area contributed by atoms with E-state index >= 15 is 0 Å². The lowest BCUT2D eigenvalue weighted by molar-refractivity contribution is -0.147. The van der Waals surface area contributed by atoms with E-state index in [2.05, 4.69) is 33.3 Å². The number of hydrogen-bond acceptors (Lipinski definition) is 4. The Balaban J connectivity index is 1.07. The number of carboxylic acids is 1. The molecule has 5 heteroatoms. The van der Waals surface area contributed by atoms with Gasteiger partial charge in [-0.05, 0) is 79.8 Å². The lowest BCUT2D eigenvalue weighted by Gasteiger charge is -2.45. The first-order chi connectivity index (χ1) is 15.7. The van der Waals surface area contributed by atoms with Crippen LogP contribution in [0, 0.1) is 11.8 Å². The minimum atomic E-state index is -0.743. The molecule has 2 aromatic rings. The molecule has 2 N–H and O–H groups in total. The third kappa shape index (κ3) is 4.84. The van der Waals surface area contributed by atoms with Gasteiger partial charge in [0.2, 0.25) is 0 Å². The van der Waals surface area contributed by atoms with Gasteiger partial charge in [0.1, 0.15) is 6.04 Å². The van der Waals surface area contributed by atoms with Gasteiger partial charge in [0.05, 0.1) is 0 Å². The fourth-order valence-corrected chi connectivity index (χ4v) is 5.79. The largest absolute Gasteiger partial charge is 0.480 e. The summed E-state index contributed by atoms with van der Waals surface area (Å²) >= 11 is 0. The van der Waals surface area contributed by atoms with Gasteiger partial charge in [0.25, 0.3) is 0 Å². The first kappa shape index (κ1) is 21.5. The second-order valence-electron chi connectivity index (χ2n) is 9.94. The Morgan fingerprint density at radius 2 is 1.84 bits per heavy atom. The summed E-state index contributed by atoms with van der Waals surface area (Å²) in [6.45, 7) is 6.32. The van der Waals surface area contributed by atoms with Crippen molar-refractivity contribution in [2.24, 2.45) is 11.8 Å². The van der Waals surface area contributed by atoms with Crippen LogP contribution < -0.4 is 5.32 Å². The van der Waals surface area contributed by atoms with E-state index in [1.54, 1.807) is 0 Å². The van der Waals surface area contributed by atoms with E-state index < -0.39 is 12.0 Å². The Labute approximate surface area is 191 Å². The number of anilines is 1. The summed E-state index contributed by atoms with van der Waals surface area (Å²) in [5.74, 6) is 0.622. The molecule has 5 nitrogen and oxygen atoms in total. The first-order valence-corrected chi connectivity index (χ1v) is 12.3. The Hall–Kier alpha value is -2.37. The lowest BCUT2D eigenvalue weighted by atomic mass is 9.88. The van der Waals surface area contributed by atoms with Gasteiger partial charge in [-0.15, -0.1) is 0 Å². The molecule has 2 saturated heterocycles. The molecule has 3 aliphatic heterocycles. The van der Waals surface area contributed by atoms with Crippen LogP contribution in [0.2, 0.25) is 0 Å². The number of rotatable bonds is 7. The number of benzene rings is 2. The average molecular weight is 434 g/mol. The predicted octanol–water partition coefficient (Wildman–Crippen LogP) is 4.06. The van der Waals surface area contributed by atoms with Crippen molar-refractivity contribution in [3.8, 4) is 0 Å². The van der Waals surface area contributed by atoms with Crippen LogP contribution in [0.5, 0.6) is 0 Å². The minimum Gasteiger partial charge on any atom is -0.480 e. The van der Waals surface area contributed by atoms with Crippen LogP contribution in [-0.2, 0) is 17.6 Å². The van der Waals surface area contributed by atoms with E-state index in [0.717, 1.165) is 37.7 Å². The highest BCUT2D eigenvalue weighted by Gasteiger charge is 2.38. The smallest absolute Gasteiger partial charge is 0.325 e. The third-order valence-electron chi connectivity index (χ3n) is 7.56. The molecule has 0 spiro atoms. The van der Waals surface area contributed by atoms with Gasteiger partial charge >= 0.3 is 5.97 Å². The normalized spacial score (nSPS) is 21.4. The zero-order valence-electron chi connectivity index (χ0n) is 18.9. The van der Waals surface area contributed by atoms with Crippen LogP contribution in [0.3, 0.4) is 0 Å². The number of fused-ring (bicyclic) bond motifs is 1. The Kier molecular flexibility index (Phi) is 6.47. The number of nitrogens with zero attached hydrogens (tertiary/aromatic N) is 2. The number of nitrogens with one attached hydrogen (secondary N) is 1. The molecule has 0 bridgehead atoms. The van der Waals surface area contributed by atoms with Crippen LogP contribution >= 0.6 is 0 Å². The zero-order valence-corrected chi connectivity index (χ0v) is 18.9. The molecule has 2 aromatic carbocycles. The minimum absolute atomic E-state index is 0.510. The van der Waals surface area contributed by atoms with Crippen molar-refractivity contribution in [2.75, 3.05) is 44.6 Å². The molecule has 0 aliphatic carbocycles. The predicted molar refractivity (Wildman–Crippen MR) is 128 cm³/mol. The van der Waals surface area contributed by atoms with Crippen LogP contribution in [0.15, 0.2) is 48.5 Å². The Bertz CT molecular complexity index is 918. The highest BCUT2D eigenvalue weighted by Crippen LogP contribution is 2.31. The Morgan fingerprint density at radius 1 is 1.06 bits per heavy atom. The fraction of sp³-hybridized carbons (Fsp3) is 0.519. The summed E-state index contributed by atoms with van der Waals surface area (Å²) in [6, 6.07) is 16.2. The quantitative estimate of drug-likeness (QED) is 0.690. The van der Waals surface area contributed by atoms with E-state index in [1.807, 2.05) is 30.3 Å². The Morgan fingerprint density at radius 3 is 2.59 bits per heavy atom. The molecular formula is C27H35N3O2. The van der Waals surface area contributed by atoms with Crippen molar-refractivity contribution in [3.05, 3.63) is 65.2 Å². The SMILES string of the molecule is O=C(O)C(c1ccccc1)N1CC(CN2CCC(Cc3ccc4c(c3)NCCC4)CC2)C1. The lowest BCUT2D eigenvalue weighted by Crippen LogP contribution is -2.54. The van der Waals surface area contributed by atoms with Gasteiger partial charge in [-0.2, -0.15) is 0 Å². The summed E-state index contributed by atoms with van der Waals surface area (Å²) in [4.78, 5) is 16.6. The molecule has 1 unspecified atom stereocenters. The van der Waals surface area contributed by atoms with Crippen molar-refractivity contribution in [2.45, 2.75) is 38.1 Å². The maximum atomic E-state index is 11.8. The van der Waals surface area contributed by atoms with Crippen LogP contribution in [-0.4, -0.2) is 60.1 Å². The van der Waals surface area contributed by atoms with E-state index in [-0.39, 0.29) is 0 Å². The average Bonchev–Trinajstić information content (AvgIpc) is 2.79. The molecule has 0 saturated carbocycles. The van der Waals surface area contributed by atoms with Gasteiger partial charge in [-0.3, -0.25) is 9.69 Å². The van der Waals surface area contributed by atoms with E-state index in [4.69, 9.17) is 0 Å². The number of piperidine rings is 1. The van der Waals surface area contributed by atoms with E-state index in [9.17, 15) is 9.90 Å². The molecule has 3 aliphatic rings. The van der Waals surface area contributed by atoms with Crippen molar-refractivity contribution < 1.29 is 9.90 Å². The molecule has 1 atom stereocenters. The number of carbonyl (C=O) groups is 1. The summed E-state index contributed by atoms with van der Waals surface area (Å²) in [6.07, 6.45) is 6.17. The van der Waals surface area contributed by atoms with Crippen molar-refractivity contribution in [3.63, 3.8) is 0 Å². The van der Waals surface area contributed by atoms with E-state index in [0.29, 0.717) is 5.92 Å². The van der Waals surface area contributed by atoms with Gasteiger partial charge < -0.3 is 15.3 Å². The molecule has 0 aromatic heterocycles. The summed E-state index contributed by atoms with van der Waals surface area (Å²) < 4.78 is 0. The summed E-state index contributed by atoms with van der Waals surface area (Å²) in [5.41, 5.74) is 5.20. The molecular weight excluding hydrogens is 398 g/mol. The third-order valence-corrected chi connectivity index (χ3v) is 7.56. The maximum absolute atomic E-state index is 11.8. The maximum Gasteiger partial charge on any atom is 0.325 e. The molecule has 0 amide bonds. The van der Waals surface area contributed by atoms with Gasteiger partial charge in [0.15, 0.2) is 0 Å². The number of aryl methyl sites for hydroxylation is 1. The number of likely N-dealkylation sites (tertiary alicyclic amines) is 2. The van der Waals surface area contributed by atoms with Crippen LogP contribution in [0.4, 0.5) is 5.69 Å². The fourth-order valence-electron chi connectivity index (χ4n) is 5.79. The molecule has 170 valence electrons. The molecule has 32 heavy (non-hydrogen) atoms. The molecule has 2 fully saturated rings. The van der Waals surface area contributed by atoms with E-state index in [1.165, 1.54) is 62.0 Å². The highest BCUT2D eigenvalue weighted by atomic mass is 16.4. The van der Waals surface area contributed by atoms with Crippen molar-refractivity contribution in [1.29, 1.82) is 0 Å². The van der Waals surface area contributed by atoms with Gasteiger partial charge in [-0.25, -0.2) is 0 Å². The summed E-state index contributed by atoms with van der Waals surface area (Å²) in [5, 5.41) is 13.3. The van der Waals surface area contributed by atoms with Crippen molar-refractivity contribution in [1.82, 2.24) is 9.80 Å². The monoisotopic (exact) mass is 433 g/mol. The molecule has 3 heterocycles. The number of aliphatic carboxylic acids is 1. The number of carboxylic acid groups (broad SMARTS) is 1. The van der Waals surface area contributed by atoms with Crippen LogP contribution in [0.25, 0.3) is 0 Å². The second kappa shape index (κ2) is 9.63. The van der Waals surface area contributed by atoms with Crippen LogP contribution in [0.1, 0.15) is 42.0 Å². The second-order valence-corrected chi connectivity index (χ2v) is 9.94. The first-order valence-electron chi connectivity index (χ1n) is 12.3. The number of hydrogen-bond donors (Lipinski definition) is 2. The van der Waals surface area contributed by atoms with Crippen molar-refractivity contribution >= 4 is 11.7 Å². The van der Waals surface area contributed by atoms with Gasteiger partial charge in [-0.1, -0.05) is 42.5 Å². The highest BCUT2D eigenvalue weighted by molar-refractivity contribution is 5.75. The molecule has 0 radical (unpaired) electrons. The standard InChI is InChI=1S/C27H35N3O2/c31-27(32)26(24-5-2-1-3-6-24)30-18-22(19-30)17-29-13-10-20(11-14-29)15-21-8-9-23-7-4-12-28-25(23)16-21/h1-3,5-6,8-9,16,20,22,26,28H,4,7,10-15,17-19H2,(H,31,32). The zero-order chi connectivity index (χ0) is 21.9. The van der Waals surface area contributed by atoms with Gasteiger partial charge in [0, 0.05) is 31.9 Å².